The number of sulfonamides is 1. The molecule has 0 fully saturated rings. The van der Waals surface area contributed by atoms with Gasteiger partial charge in [-0.15, -0.1) is 0 Å². The second-order valence-electron chi connectivity index (χ2n) is 4.19. The molecule has 0 atom stereocenters. The summed E-state index contributed by atoms with van der Waals surface area (Å²) in [5.74, 6) is 0.507. The third kappa shape index (κ3) is 3.58. The number of halogens is 2. The van der Waals surface area contributed by atoms with Gasteiger partial charge in [0.2, 0.25) is 0 Å². The van der Waals surface area contributed by atoms with Crippen LogP contribution >= 0.6 is 23.2 Å². The van der Waals surface area contributed by atoms with E-state index in [2.05, 4.69) is 9.71 Å². The Morgan fingerprint density at radius 2 is 1.90 bits per heavy atom. The molecule has 0 aliphatic heterocycles. The Balaban J connectivity index is 2.42. The van der Waals surface area contributed by atoms with Crippen LogP contribution in [0.4, 0.5) is 5.82 Å². The van der Waals surface area contributed by atoms with Gasteiger partial charge in [-0.1, -0.05) is 29.3 Å². The maximum atomic E-state index is 12.4. The van der Waals surface area contributed by atoms with Crippen LogP contribution < -0.4 is 9.46 Å². The Kier molecular flexibility index (Phi) is 4.61. The molecule has 0 saturated heterocycles. The van der Waals surface area contributed by atoms with Crippen molar-refractivity contribution in [1.29, 1.82) is 0 Å². The minimum atomic E-state index is -3.89. The van der Waals surface area contributed by atoms with Gasteiger partial charge in [0, 0.05) is 11.8 Å². The van der Waals surface area contributed by atoms with E-state index < -0.39 is 10.0 Å². The predicted molar refractivity (Wildman–Crippen MR) is 82.8 cm³/mol. The standard InChI is InChI=1S/C13H12Cl2N2O3S/c1-8-4-3-5-13(16-8)17-21(18,19)12-7-9(14)11(20-2)6-10(12)15/h3-7H,1-2H3,(H,16,17). The van der Waals surface area contributed by atoms with Gasteiger partial charge in [0.25, 0.3) is 10.0 Å². The highest BCUT2D eigenvalue weighted by atomic mass is 35.5. The van der Waals surface area contributed by atoms with Gasteiger partial charge in [-0.2, -0.15) is 0 Å². The molecule has 0 aliphatic carbocycles. The van der Waals surface area contributed by atoms with E-state index >= 15 is 0 Å². The maximum absolute atomic E-state index is 12.4. The highest BCUT2D eigenvalue weighted by Gasteiger charge is 2.21. The van der Waals surface area contributed by atoms with Crippen molar-refractivity contribution in [3.8, 4) is 5.75 Å². The topological polar surface area (TPSA) is 68.3 Å². The average molecular weight is 347 g/mol. The van der Waals surface area contributed by atoms with Crippen molar-refractivity contribution < 1.29 is 13.2 Å². The zero-order valence-corrected chi connectivity index (χ0v) is 13.6. The smallest absolute Gasteiger partial charge is 0.264 e. The van der Waals surface area contributed by atoms with Crippen LogP contribution in [0, 0.1) is 6.92 Å². The van der Waals surface area contributed by atoms with E-state index in [4.69, 9.17) is 27.9 Å². The molecule has 0 saturated carbocycles. The van der Waals surface area contributed by atoms with Gasteiger partial charge in [0.15, 0.2) is 0 Å². The fraction of sp³-hybridized carbons (Fsp3) is 0.154. The maximum Gasteiger partial charge on any atom is 0.264 e. The lowest BCUT2D eigenvalue weighted by Gasteiger charge is -2.11. The summed E-state index contributed by atoms with van der Waals surface area (Å²) in [5.41, 5.74) is 0.689. The Morgan fingerprint density at radius 3 is 2.52 bits per heavy atom. The molecule has 0 spiro atoms. The van der Waals surface area contributed by atoms with E-state index in [-0.39, 0.29) is 20.8 Å². The minimum Gasteiger partial charge on any atom is -0.495 e. The summed E-state index contributed by atoms with van der Waals surface area (Å²) in [7, 11) is -2.48. The van der Waals surface area contributed by atoms with Crippen LogP contribution in [0.2, 0.25) is 10.0 Å². The number of hydrogen-bond donors (Lipinski definition) is 1. The van der Waals surface area contributed by atoms with Gasteiger partial charge in [-0.25, -0.2) is 13.4 Å². The molecule has 0 unspecified atom stereocenters. The zero-order chi connectivity index (χ0) is 15.6. The summed E-state index contributed by atoms with van der Waals surface area (Å²) in [5, 5.41) is 0.163. The van der Waals surface area contributed by atoms with Gasteiger partial charge in [0.05, 0.1) is 17.2 Å². The van der Waals surface area contributed by atoms with Gasteiger partial charge in [0.1, 0.15) is 16.5 Å². The molecule has 2 rings (SSSR count). The first-order valence-electron chi connectivity index (χ1n) is 5.83. The average Bonchev–Trinajstić information content (AvgIpc) is 2.40. The zero-order valence-electron chi connectivity index (χ0n) is 11.2. The molecule has 1 aromatic heterocycles. The molecule has 2 aromatic rings. The molecule has 1 N–H and O–H groups in total. The van der Waals surface area contributed by atoms with Gasteiger partial charge >= 0.3 is 0 Å². The number of aryl methyl sites for hydroxylation is 1. The number of methoxy groups -OCH3 is 1. The number of benzene rings is 1. The third-order valence-electron chi connectivity index (χ3n) is 2.62. The lowest BCUT2D eigenvalue weighted by atomic mass is 10.3. The van der Waals surface area contributed by atoms with E-state index in [9.17, 15) is 8.42 Å². The first-order valence-corrected chi connectivity index (χ1v) is 8.07. The van der Waals surface area contributed by atoms with Crippen molar-refractivity contribution in [3.05, 3.63) is 46.1 Å². The van der Waals surface area contributed by atoms with Crippen LogP contribution in [0.3, 0.4) is 0 Å². The third-order valence-corrected chi connectivity index (χ3v) is 4.74. The largest absolute Gasteiger partial charge is 0.495 e. The SMILES string of the molecule is COc1cc(Cl)c(S(=O)(=O)Nc2cccc(C)n2)cc1Cl. The Morgan fingerprint density at radius 1 is 1.19 bits per heavy atom. The second-order valence-corrected chi connectivity index (χ2v) is 6.65. The van der Waals surface area contributed by atoms with Crippen molar-refractivity contribution in [2.45, 2.75) is 11.8 Å². The lowest BCUT2D eigenvalue weighted by Crippen LogP contribution is -2.14. The molecule has 0 bridgehead atoms. The molecule has 21 heavy (non-hydrogen) atoms. The number of hydrogen-bond acceptors (Lipinski definition) is 4. The minimum absolute atomic E-state index is 0.0106. The van der Waals surface area contributed by atoms with Crippen molar-refractivity contribution in [3.63, 3.8) is 0 Å². The van der Waals surface area contributed by atoms with Crippen LogP contribution in [-0.2, 0) is 10.0 Å². The molecule has 8 heteroatoms. The fourth-order valence-electron chi connectivity index (χ4n) is 1.67. The molecule has 0 amide bonds. The van der Waals surface area contributed by atoms with Gasteiger partial charge < -0.3 is 4.74 Å². The van der Waals surface area contributed by atoms with E-state index in [1.807, 2.05) is 0 Å². The number of aromatic nitrogens is 1. The molecule has 1 aromatic carbocycles. The summed E-state index contributed by atoms with van der Waals surface area (Å²) in [4.78, 5) is 3.94. The first kappa shape index (κ1) is 15.9. The highest BCUT2D eigenvalue weighted by molar-refractivity contribution is 7.92. The molecule has 0 radical (unpaired) electrons. The van der Waals surface area contributed by atoms with E-state index in [0.29, 0.717) is 11.4 Å². The summed E-state index contributed by atoms with van der Waals surface area (Å²) in [6.45, 7) is 1.76. The van der Waals surface area contributed by atoms with E-state index in [1.54, 1.807) is 25.1 Å². The number of anilines is 1. The fourth-order valence-corrected chi connectivity index (χ4v) is 3.52. The second kappa shape index (κ2) is 6.09. The monoisotopic (exact) mass is 346 g/mol. The van der Waals surface area contributed by atoms with Crippen LogP contribution in [0.15, 0.2) is 35.2 Å². The Labute approximate surface area is 132 Å². The Hall–Kier alpha value is -1.50. The van der Waals surface area contributed by atoms with Crippen LogP contribution in [0.5, 0.6) is 5.75 Å². The number of nitrogens with zero attached hydrogens (tertiary/aromatic N) is 1. The number of rotatable bonds is 4. The highest BCUT2D eigenvalue weighted by Crippen LogP contribution is 2.33. The Bertz CT molecular complexity index is 779. The van der Waals surface area contributed by atoms with Crippen molar-refractivity contribution >= 4 is 39.0 Å². The van der Waals surface area contributed by atoms with Crippen molar-refractivity contribution in [2.24, 2.45) is 0 Å². The molecule has 5 nitrogen and oxygen atoms in total. The summed E-state index contributed by atoms with van der Waals surface area (Å²) in [6.07, 6.45) is 0. The molecule has 1 heterocycles. The first-order chi connectivity index (χ1) is 9.83. The van der Waals surface area contributed by atoms with E-state index in [0.717, 1.165) is 0 Å². The van der Waals surface area contributed by atoms with E-state index in [1.165, 1.54) is 19.2 Å². The van der Waals surface area contributed by atoms with Gasteiger partial charge in [-0.3, -0.25) is 4.72 Å². The van der Waals surface area contributed by atoms with Crippen LogP contribution in [0.1, 0.15) is 5.69 Å². The van der Waals surface area contributed by atoms with Crippen molar-refractivity contribution in [2.75, 3.05) is 11.8 Å². The van der Waals surface area contributed by atoms with Crippen LogP contribution in [-0.4, -0.2) is 20.5 Å². The molecule has 112 valence electrons. The number of pyridine rings is 1. The predicted octanol–water partition coefficient (Wildman–Crippen LogP) is 3.51. The van der Waals surface area contributed by atoms with Crippen molar-refractivity contribution in [1.82, 2.24) is 4.98 Å². The quantitative estimate of drug-likeness (QED) is 0.919. The molecular formula is C13H12Cl2N2O3S. The molecular weight excluding hydrogens is 335 g/mol. The number of nitrogens with one attached hydrogen (secondary N) is 1. The lowest BCUT2D eigenvalue weighted by molar-refractivity contribution is 0.414. The normalized spacial score (nSPS) is 11.2. The number of ether oxygens (including phenoxy) is 1. The van der Waals surface area contributed by atoms with Crippen LogP contribution in [0.25, 0.3) is 0 Å². The van der Waals surface area contributed by atoms with Gasteiger partial charge in [-0.05, 0) is 25.1 Å². The summed E-state index contributed by atoms with van der Waals surface area (Å²) >= 11 is 11.9. The molecule has 0 aliphatic rings. The summed E-state index contributed by atoms with van der Waals surface area (Å²) in [6, 6.07) is 7.59. The summed E-state index contributed by atoms with van der Waals surface area (Å²) < 4.78 is 32.0.